The summed E-state index contributed by atoms with van der Waals surface area (Å²) in [4.78, 5) is 23.3. The number of amides is 1. The maximum atomic E-state index is 12.0. The van der Waals surface area contributed by atoms with Gasteiger partial charge in [0.1, 0.15) is 5.75 Å². The summed E-state index contributed by atoms with van der Waals surface area (Å²) in [6.07, 6.45) is 1.26. The number of aliphatic carboxylic acids is 1. The van der Waals surface area contributed by atoms with Crippen molar-refractivity contribution < 1.29 is 24.5 Å². The quantitative estimate of drug-likeness (QED) is 0.496. The van der Waals surface area contributed by atoms with Crippen molar-refractivity contribution in [2.24, 2.45) is 11.7 Å². The highest BCUT2D eigenvalue weighted by molar-refractivity contribution is 5.86. The van der Waals surface area contributed by atoms with Crippen molar-refractivity contribution in [3.63, 3.8) is 0 Å². The van der Waals surface area contributed by atoms with Crippen molar-refractivity contribution in [3.8, 4) is 5.75 Å². The summed E-state index contributed by atoms with van der Waals surface area (Å²) >= 11 is 0. The third kappa shape index (κ3) is 5.21. The van der Waals surface area contributed by atoms with Gasteiger partial charge in [-0.1, -0.05) is 26.0 Å². The number of carboxylic acid groups (broad SMARTS) is 1. The number of nitrogens with one attached hydrogen (secondary N) is 1. The molecule has 0 spiro atoms. The lowest BCUT2D eigenvalue weighted by Crippen LogP contribution is -2.66. The molecule has 5 N–H and O–H groups in total. The molecular weight excluding hydrogens is 312 g/mol. The highest BCUT2D eigenvalue weighted by Gasteiger charge is 2.45. The Morgan fingerprint density at radius 2 is 1.88 bits per heavy atom. The molecule has 1 amide bonds. The molecule has 24 heavy (non-hydrogen) atoms. The van der Waals surface area contributed by atoms with E-state index in [0.29, 0.717) is 12.8 Å². The number of carboxylic acids is 1. The van der Waals surface area contributed by atoms with Crippen LogP contribution in [0.25, 0.3) is 0 Å². The summed E-state index contributed by atoms with van der Waals surface area (Å²) in [7, 11) is 1.59. The Kier molecular flexibility index (Phi) is 7.18. The summed E-state index contributed by atoms with van der Waals surface area (Å²) in [5.41, 5.74) is 4.30. The van der Waals surface area contributed by atoms with Crippen molar-refractivity contribution in [1.29, 1.82) is 0 Å². The molecule has 0 bridgehead atoms. The van der Waals surface area contributed by atoms with Gasteiger partial charge in [-0.05, 0) is 36.5 Å². The second-order valence-corrected chi connectivity index (χ2v) is 6.09. The van der Waals surface area contributed by atoms with E-state index in [1.165, 1.54) is 0 Å². The molecule has 0 aliphatic heterocycles. The summed E-state index contributed by atoms with van der Waals surface area (Å²) in [6, 6.07) is 6.36. The van der Waals surface area contributed by atoms with Crippen LogP contribution in [0.4, 0.5) is 0 Å². The number of ether oxygens (including phenoxy) is 1. The molecular formula is C17H26N2O5. The first-order valence-corrected chi connectivity index (χ1v) is 7.86. The van der Waals surface area contributed by atoms with Crippen LogP contribution in [0, 0.1) is 5.92 Å². The number of aliphatic hydroxyl groups is 1. The molecule has 1 rings (SSSR count). The molecule has 0 heterocycles. The van der Waals surface area contributed by atoms with Crippen LogP contribution >= 0.6 is 0 Å². The normalized spacial score (nSPS) is 14.8. The molecule has 0 aliphatic carbocycles. The standard InChI is InChI=1S/C17H26N2O5/c1-11(2)15(18)17(23,16(21)22)19-14(20)6-4-5-12-7-9-13(24-3)10-8-12/h7-11,15,23H,4-6,18H2,1-3H3,(H,19,20)(H,21,22)/t15-,17+/m1/s1. The maximum absolute atomic E-state index is 12.0. The molecule has 7 nitrogen and oxygen atoms in total. The SMILES string of the molecule is COc1ccc(CCCC(=O)N[C@@](O)(C(=O)O)[C@H](N)C(C)C)cc1. The van der Waals surface area contributed by atoms with Crippen molar-refractivity contribution in [3.05, 3.63) is 29.8 Å². The van der Waals surface area contributed by atoms with Gasteiger partial charge in [0.25, 0.3) is 5.72 Å². The van der Waals surface area contributed by atoms with E-state index in [-0.39, 0.29) is 12.3 Å². The number of methoxy groups -OCH3 is 1. The summed E-state index contributed by atoms with van der Waals surface area (Å²) in [5, 5.41) is 21.5. The number of nitrogens with two attached hydrogens (primary N) is 1. The number of benzene rings is 1. The molecule has 0 fully saturated rings. The van der Waals surface area contributed by atoms with Gasteiger partial charge in [0, 0.05) is 6.42 Å². The monoisotopic (exact) mass is 338 g/mol. The third-order valence-electron chi connectivity index (χ3n) is 3.89. The molecule has 0 radical (unpaired) electrons. The first-order chi connectivity index (χ1) is 11.2. The Balaban J connectivity index is 2.55. The van der Waals surface area contributed by atoms with Crippen LogP contribution in [0.3, 0.4) is 0 Å². The van der Waals surface area contributed by atoms with Crippen LogP contribution in [0.2, 0.25) is 0 Å². The van der Waals surface area contributed by atoms with E-state index in [1.54, 1.807) is 21.0 Å². The van der Waals surface area contributed by atoms with Crippen LogP contribution in [-0.2, 0) is 16.0 Å². The Hall–Kier alpha value is -2.12. The lowest BCUT2D eigenvalue weighted by molar-refractivity contribution is -0.170. The van der Waals surface area contributed by atoms with E-state index >= 15 is 0 Å². The van der Waals surface area contributed by atoms with Crippen molar-refractivity contribution in [2.75, 3.05) is 7.11 Å². The fourth-order valence-electron chi connectivity index (χ4n) is 2.28. The van der Waals surface area contributed by atoms with Crippen molar-refractivity contribution in [1.82, 2.24) is 5.32 Å². The highest BCUT2D eigenvalue weighted by Crippen LogP contribution is 2.16. The Labute approximate surface area is 141 Å². The first kappa shape index (κ1) is 19.9. The minimum Gasteiger partial charge on any atom is -0.497 e. The van der Waals surface area contributed by atoms with Gasteiger partial charge in [-0.25, -0.2) is 4.79 Å². The number of rotatable bonds is 9. The van der Waals surface area contributed by atoms with Crippen molar-refractivity contribution >= 4 is 11.9 Å². The molecule has 0 aromatic heterocycles. The van der Waals surface area contributed by atoms with E-state index in [1.807, 2.05) is 24.3 Å². The lowest BCUT2D eigenvalue weighted by atomic mass is 9.93. The van der Waals surface area contributed by atoms with E-state index in [0.717, 1.165) is 11.3 Å². The zero-order valence-electron chi connectivity index (χ0n) is 14.3. The average Bonchev–Trinajstić information content (AvgIpc) is 2.54. The highest BCUT2D eigenvalue weighted by atomic mass is 16.5. The Morgan fingerprint density at radius 3 is 2.33 bits per heavy atom. The van der Waals surface area contributed by atoms with Crippen LogP contribution in [-0.4, -0.2) is 41.0 Å². The van der Waals surface area contributed by atoms with Crippen LogP contribution in [0.1, 0.15) is 32.3 Å². The number of hydrogen-bond donors (Lipinski definition) is 4. The predicted molar refractivity (Wildman–Crippen MR) is 89.5 cm³/mol. The number of hydrogen-bond acceptors (Lipinski definition) is 5. The summed E-state index contributed by atoms with van der Waals surface area (Å²) in [6.45, 7) is 3.35. The first-order valence-electron chi connectivity index (χ1n) is 7.86. The molecule has 7 heteroatoms. The van der Waals surface area contributed by atoms with E-state index < -0.39 is 23.6 Å². The van der Waals surface area contributed by atoms with Crippen LogP contribution in [0.15, 0.2) is 24.3 Å². The third-order valence-corrected chi connectivity index (χ3v) is 3.89. The van der Waals surface area contributed by atoms with E-state index in [2.05, 4.69) is 5.32 Å². The average molecular weight is 338 g/mol. The van der Waals surface area contributed by atoms with Gasteiger partial charge in [-0.3, -0.25) is 4.79 Å². The fraction of sp³-hybridized carbons (Fsp3) is 0.529. The van der Waals surface area contributed by atoms with Gasteiger partial charge in [-0.2, -0.15) is 0 Å². The van der Waals surface area contributed by atoms with Gasteiger partial charge in [-0.15, -0.1) is 0 Å². The molecule has 0 unspecified atom stereocenters. The predicted octanol–water partition coefficient (Wildman–Crippen LogP) is 0.891. The molecule has 1 aromatic rings. The van der Waals surface area contributed by atoms with Gasteiger partial charge in [0.05, 0.1) is 13.2 Å². The zero-order chi connectivity index (χ0) is 18.3. The summed E-state index contributed by atoms with van der Waals surface area (Å²) in [5.74, 6) is -1.67. The number of carbonyl (C=O) groups is 2. The van der Waals surface area contributed by atoms with Crippen LogP contribution < -0.4 is 15.8 Å². The largest absolute Gasteiger partial charge is 0.497 e. The molecule has 0 saturated heterocycles. The molecule has 0 aliphatic rings. The number of aryl methyl sites for hydroxylation is 1. The van der Waals surface area contributed by atoms with E-state index in [4.69, 9.17) is 10.5 Å². The van der Waals surface area contributed by atoms with Crippen molar-refractivity contribution in [2.45, 2.75) is 44.9 Å². The molecule has 2 atom stereocenters. The topological polar surface area (TPSA) is 122 Å². The lowest BCUT2D eigenvalue weighted by Gasteiger charge is -2.32. The zero-order valence-corrected chi connectivity index (χ0v) is 14.3. The van der Waals surface area contributed by atoms with E-state index in [9.17, 15) is 19.8 Å². The smallest absolute Gasteiger partial charge is 0.358 e. The minimum absolute atomic E-state index is 0.0897. The molecule has 0 saturated carbocycles. The minimum atomic E-state index is -2.47. The number of carbonyl (C=O) groups excluding carboxylic acids is 1. The molecule has 134 valence electrons. The second kappa shape index (κ2) is 8.65. The molecule has 1 aromatic carbocycles. The Morgan fingerprint density at radius 1 is 1.29 bits per heavy atom. The Bertz CT molecular complexity index is 559. The van der Waals surface area contributed by atoms with Gasteiger partial charge in [0.2, 0.25) is 5.91 Å². The summed E-state index contributed by atoms with van der Waals surface area (Å²) < 4.78 is 5.07. The van der Waals surface area contributed by atoms with Crippen LogP contribution in [0.5, 0.6) is 5.75 Å². The van der Waals surface area contributed by atoms with Gasteiger partial charge in [0.15, 0.2) is 0 Å². The van der Waals surface area contributed by atoms with Gasteiger partial charge >= 0.3 is 5.97 Å². The fourth-order valence-corrected chi connectivity index (χ4v) is 2.28. The maximum Gasteiger partial charge on any atom is 0.358 e. The second-order valence-electron chi connectivity index (χ2n) is 6.09. The van der Waals surface area contributed by atoms with Gasteiger partial charge < -0.3 is 26.0 Å².